The Morgan fingerprint density at radius 2 is 1.92 bits per heavy atom. The van der Waals surface area contributed by atoms with Crippen molar-refractivity contribution in [3.63, 3.8) is 0 Å². The fourth-order valence-corrected chi connectivity index (χ4v) is 2.89. The standard InChI is InChI=1S/C20H17NO4/c21-12-19(13-25-14-19)20(24,17-7-2-1-3-8-17)10-9-15-5-4-6-16(11-15)18(22)23/h1-11,24H,13-14H2,(H,22,23)/b10-9+/t20-/m0/s1. The van der Waals surface area contributed by atoms with E-state index in [9.17, 15) is 15.2 Å². The lowest BCUT2D eigenvalue weighted by Gasteiger charge is -2.46. The summed E-state index contributed by atoms with van der Waals surface area (Å²) in [6, 6.07) is 17.5. The molecule has 1 aliphatic rings. The molecular formula is C20H17NO4. The lowest BCUT2D eigenvalue weighted by molar-refractivity contribution is -0.174. The molecule has 1 saturated heterocycles. The number of carboxylic acid groups (broad SMARTS) is 1. The maximum atomic E-state index is 11.4. The van der Waals surface area contributed by atoms with Crippen molar-refractivity contribution < 1.29 is 19.7 Å². The highest BCUT2D eigenvalue weighted by Crippen LogP contribution is 2.46. The van der Waals surface area contributed by atoms with Gasteiger partial charge >= 0.3 is 5.97 Å². The molecule has 2 aromatic carbocycles. The third kappa shape index (κ3) is 2.93. The van der Waals surface area contributed by atoms with E-state index < -0.39 is 17.0 Å². The van der Waals surface area contributed by atoms with E-state index in [1.807, 2.05) is 6.07 Å². The zero-order valence-corrected chi connectivity index (χ0v) is 13.4. The quantitative estimate of drug-likeness (QED) is 0.877. The van der Waals surface area contributed by atoms with E-state index in [1.165, 1.54) is 12.1 Å². The number of nitriles is 1. The van der Waals surface area contributed by atoms with Crippen LogP contribution in [0.5, 0.6) is 0 Å². The van der Waals surface area contributed by atoms with Crippen molar-refractivity contribution in [3.8, 4) is 6.07 Å². The zero-order chi connectivity index (χ0) is 17.9. The molecule has 0 bridgehead atoms. The highest BCUT2D eigenvalue weighted by atomic mass is 16.5. The Hall–Kier alpha value is -2.94. The van der Waals surface area contributed by atoms with Crippen molar-refractivity contribution in [1.82, 2.24) is 0 Å². The molecule has 0 unspecified atom stereocenters. The molecule has 0 saturated carbocycles. The topological polar surface area (TPSA) is 90.5 Å². The Balaban J connectivity index is 2.03. The molecule has 25 heavy (non-hydrogen) atoms. The van der Waals surface area contributed by atoms with E-state index in [1.54, 1.807) is 48.6 Å². The fourth-order valence-electron chi connectivity index (χ4n) is 2.89. The van der Waals surface area contributed by atoms with Crippen molar-refractivity contribution in [3.05, 3.63) is 77.4 Å². The number of aromatic carboxylic acids is 1. The minimum Gasteiger partial charge on any atom is -0.478 e. The van der Waals surface area contributed by atoms with Gasteiger partial charge in [-0.05, 0) is 29.3 Å². The van der Waals surface area contributed by atoms with Gasteiger partial charge in [0, 0.05) is 0 Å². The molecule has 2 N–H and O–H groups in total. The van der Waals surface area contributed by atoms with Crippen LogP contribution in [0.4, 0.5) is 0 Å². The van der Waals surface area contributed by atoms with E-state index in [2.05, 4.69) is 6.07 Å². The van der Waals surface area contributed by atoms with Gasteiger partial charge in [-0.15, -0.1) is 0 Å². The van der Waals surface area contributed by atoms with Gasteiger partial charge in [-0.3, -0.25) is 0 Å². The number of hydrogen-bond acceptors (Lipinski definition) is 4. The third-order valence-corrected chi connectivity index (χ3v) is 4.50. The number of ether oxygens (including phenoxy) is 1. The van der Waals surface area contributed by atoms with Gasteiger partial charge in [0.25, 0.3) is 0 Å². The summed E-state index contributed by atoms with van der Waals surface area (Å²) < 4.78 is 5.21. The monoisotopic (exact) mass is 335 g/mol. The second kappa shape index (κ2) is 6.52. The second-order valence-corrected chi connectivity index (χ2v) is 6.08. The lowest BCUT2D eigenvalue weighted by atomic mass is 9.67. The van der Waals surface area contributed by atoms with Gasteiger partial charge in [0.1, 0.15) is 11.0 Å². The highest BCUT2D eigenvalue weighted by Gasteiger charge is 2.56. The summed E-state index contributed by atoms with van der Waals surface area (Å²) in [5.41, 5.74) is -1.24. The summed E-state index contributed by atoms with van der Waals surface area (Å²) >= 11 is 0. The first-order valence-electron chi connectivity index (χ1n) is 7.80. The predicted molar refractivity (Wildman–Crippen MR) is 91.6 cm³/mol. The number of carboxylic acids is 1. The molecule has 5 heteroatoms. The minimum absolute atomic E-state index is 0.133. The van der Waals surface area contributed by atoms with Gasteiger partial charge in [-0.2, -0.15) is 5.26 Å². The molecule has 1 aliphatic heterocycles. The van der Waals surface area contributed by atoms with Crippen LogP contribution in [-0.2, 0) is 10.3 Å². The number of aliphatic hydroxyl groups is 1. The average Bonchev–Trinajstić information content (AvgIpc) is 2.60. The molecule has 0 spiro atoms. The van der Waals surface area contributed by atoms with Gasteiger partial charge in [-0.1, -0.05) is 48.5 Å². The molecule has 0 radical (unpaired) electrons. The first-order valence-corrected chi connectivity index (χ1v) is 7.80. The Morgan fingerprint density at radius 3 is 2.48 bits per heavy atom. The lowest BCUT2D eigenvalue weighted by Crippen LogP contribution is -2.56. The van der Waals surface area contributed by atoms with Crippen molar-refractivity contribution >= 4 is 12.0 Å². The molecule has 1 heterocycles. The van der Waals surface area contributed by atoms with E-state index in [-0.39, 0.29) is 18.8 Å². The van der Waals surface area contributed by atoms with Gasteiger partial charge in [0.15, 0.2) is 0 Å². The molecule has 0 aliphatic carbocycles. The smallest absolute Gasteiger partial charge is 0.335 e. The van der Waals surface area contributed by atoms with Gasteiger partial charge in [0.2, 0.25) is 0 Å². The first kappa shape index (κ1) is 16.9. The van der Waals surface area contributed by atoms with Gasteiger partial charge < -0.3 is 14.9 Å². The third-order valence-electron chi connectivity index (χ3n) is 4.50. The van der Waals surface area contributed by atoms with Gasteiger partial charge in [-0.25, -0.2) is 4.79 Å². The summed E-state index contributed by atoms with van der Waals surface area (Å²) in [7, 11) is 0. The van der Waals surface area contributed by atoms with Gasteiger partial charge in [0.05, 0.1) is 24.8 Å². The first-order chi connectivity index (χ1) is 12.0. The largest absolute Gasteiger partial charge is 0.478 e. The fraction of sp³-hybridized carbons (Fsp3) is 0.200. The van der Waals surface area contributed by atoms with E-state index >= 15 is 0 Å². The summed E-state index contributed by atoms with van der Waals surface area (Å²) in [5, 5.41) is 30.1. The van der Waals surface area contributed by atoms with E-state index in [0.29, 0.717) is 11.1 Å². The van der Waals surface area contributed by atoms with Crippen molar-refractivity contribution in [1.29, 1.82) is 5.26 Å². The van der Waals surface area contributed by atoms with Crippen molar-refractivity contribution in [2.45, 2.75) is 5.60 Å². The van der Waals surface area contributed by atoms with Crippen LogP contribution >= 0.6 is 0 Å². The Labute approximate surface area is 145 Å². The summed E-state index contributed by atoms with van der Waals surface area (Å²) in [4.78, 5) is 11.1. The number of rotatable bonds is 5. The molecule has 5 nitrogen and oxygen atoms in total. The Morgan fingerprint density at radius 1 is 1.20 bits per heavy atom. The minimum atomic E-state index is -1.54. The molecule has 3 rings (SSSR count). The molecule has 126 valence electrons. The van der Waals surface area contributed by atoms with E-state index in [4.69, 9.17) is 9.84 Å². The summed E-state index contributed by atoms with van der Waals surface area (Å²) in [6.07, 6.45) is 3.19. The van der Waals surface area contributed by atoms with Crippen molar-refractivity contribution in [2.24, 2.45) is 5.41 Å². The SMILES string of the molecule is N#CC1([C@](O)(/C=C/c2cccc(C(=O)O)c2)c2ccccc2)COC1. The summed E-state index contributed by atoms with van der Waals surface area (Å²) in [6.45, 7) is 0.267. The number of hydrogen-bond donors (Lipinski definition) is 2. The van der Waals surface area contributed by atoms with Crippen LogP contribution in [0.15, 0.2) is 60.7 Å². The molecule has 2 aromatic rings. The van der Waals surface area contributed by atoms with Crippen LogP contribution in [0.25, 0.3) is 6.08 Å². The molecule has 1 atom stereocenters. The zero-order valence-electron chi connectivity index (χ0n) is 13.4. The second-order valence-electron chi connectivity index (χ2n) is 6.08. The molecule has 0 amide bonds. The maximum Gasteiger partial charge on any atom is 0.335 e. The molecular weight excluding hydrogens is 318 g/mol. The number of benzene rings is 2. The number of nitrogens with zero attached hydrogens (tertiary/aromatic N) is 1. The molecule has 0 aromatic heterocycles. The van der Waals surface area contributed by atoms with Crippen LogP contribution in [0.2, 0.25) is 0 Å². The summed E-state index contributed by atoms with van der Waals surface area (Å²) in [5.74, 6) is -1.02. The van der Waals surface area contributed by atoms with Crippen LogP contribution in [0, 0.1) is 16.7 Å². The van der Waals surface area contributed by atoms with Crippen LogP contribution < -0.4 is 0 Å². The highest BCUT2D eigenvalue weighted by molar-refractivity contribution is 5.88. The van der Waals surface area contributed by atoms with Crippen LogP contribution in [-0.4, -0.2) is 29.4 Å². The Kier molecular flexibility index (Phi) is 4.41. The maximum absolute atomic E-state index is 11.4. The normalized spacial score (nSPS) is 18.1. The van der Waals surface area contributed by atoms with Crippen LogP contribution in [0.3, 0.4) is 0 Å². The average molecular weight is 335 g/mol. The van der Waals surface area contributed by atoms with Crippen molar-refractivity contribution in [2.75, 3.05) is 13.2 Å². The predicted octanol–water partition coefficient (Wildman–Crippen LogP) is 2.83. The Bertz CT molecular complexity index is 849. The molecule has 1 fully saturated rings. The number of carbonyl (C=O) groups is 1. The van der Waals surface area contributed by atoms with E-state index in [0.717, 1.165) is 0 Å². The van der Waals surface area contributed by atoms with Crippen LogP contribution in [0.1, 0.15) is 21.5 Å².